The first-order valence-corrected chi connectivity index (χ1v) is 5.28. The number of hydrogen-bond acceptors (Lipinski definition) is 3. The van der Waals surface area contributed by atoms with Gasteiger partial charge in [-0.3, -0.25) is 9.59 Å². The summed E-state index contributed by atoms with van der Waals surface area (Å²) in [6, 6.07) is 0. The minimum atomic E-state index is -0.223. The molecule has 0 aromatic heterocycles. The lowest BCUT2D eigenvalue weighted by Gasteiger charge is -2.13. The first-order chi connectivity index (χ1) is 7.13. The van der Waals surface area contributed by atoms with E-state index in [1.54, 1.807) is 0 Å². The summed E-state index contributed by atoms with van der Waals surface area (Å²) < 4.78 is 0. The Morgan fingerprint density at radius 2 is 2.47 bits per heavy atom. The summed E-state index contributed by atoms with van der Waals surface area (Å²) in [5.41, 5.74) is 0. The third-order valence-electron chi connectivity index (χ3n) is 2.59. The summed E-state index contributed by atoms with van der Waals surface area (Å²) in [4.78, 5) is 22.4. The number of hydrogen-bond donors (Lipinski definition) is 3. The molecule has 5 nitrogen and oxygen atoms in total. The van der Waals surface area contributed by atoms with Gasteiger partial charge in [-0.25, -0.2) is 0 Å². The van der Waals surface area contributed by atoms with Gasteiger partial charge >= 0.3 is 0 Å². The van der Waals surface area contributed by atoms with E-state index >= 15 is 0 Å². The number of aliphatic hydroxyl groups is 1. The predicted molar refractivity (Wildman–Crippen MR) is 55.0 cm³/mol. The number of amides is 2. The van der Waals surface area contributed by atoms with Gasteiger partial charge in [-0.2, -0.15) is 0 Å². The van der Waals surface area contributed by atoms with Crippen molar-refractivity contribution in [3.05, 3.63) is 0 Å². The van der Waals surface area contributed by atoms with Crippen molar-refractivity contribution in [2.45, 2.75) is 19.8 Å². The van der Waals surface area contributed by atoms with E-state index in [4.69, 9.17) is 5.11 Å². The Hall–Kier alpha value is -1.10. The molecule has 0 spiro atoms. The molecule has 1 aliphatic rings. The maximum atomic E-state index is 11.5. The standard InChI is InChI=1S/C10H18N2O3/c1-7(2-3-13)5-12-10(15)8-4-9(14)11-6-8/h7-8,13H,2-6H2,1H3,(H,11,14)(H,12,15). The SMILES string of the molecule is CC(CCO)CNC(=O)C1CNC(=O)C1. The first-order valence-electron chi connectivity index (χ1n) is 5.28. The maximum absolute atomic E-state index is 11.5. The highest BCUT2D eigenvalue weighted by atomic mass is 16.3. The minimum Gasteiger partial charge on any atom is -0.396 e. The van der Waals surface area contributed by atoms with Crippen LogP contribution in [0.3, 0.4) is 0 Å². The van der Waals surface area contributed by atoms with Gasteiger partial charge < -0.3 is 15.7 Å². The number of aliphatic hydroxyl groups excluding tert-OH is 1. The number of rotatable bonds is 5. The summed E-state index contributed by atoms with van der Waals surface area (Å²) in [5, 5.41) is 14.1. The molecule has 1 fully saturated rings. The maximum Gasteiger partial charge on any atom is 0.225 e. The van der Waals surface area contributed by atoms with Crippen LogP contribution >= 0.6 is 0 Å². The van der Waals surface area contributed by atoms with Gasteiger partial charge in [0.1, 0.15) is 0 Å². The van der Waals surface area contributed by atoms with Crippen molar-refractivity contribution in [3.8, 4) is 0 Å². The second-order valence-electron chi connectivity index (χ2n) is 4.07. The molecule has 0 aromatic carbocycles. The number of carbonyl (C=O) groups excluding carboxylic acids is 2. The Morgan fingerprint density at radius 1 is 1.73 bits per heavy atom. The molecule has 1 aliphatic heterocycles. The second-order valence-corrected chi connectivity index (χ2v) is 4.07. The van der Waals surface area contributed by atoms with Crippen LogP contribution in [-0.4, -0.2) is 36.6 Å². The van der Waals surface area contributed by atoms with Crippen LogP contribution in [0, 0.1) is 11.8 Å². The highest BCUT2D eigenvalue weighted by molar-refractivity contribution is 5.89. The highest BCUT2D eigenvalue weighted by Crippen LogP contribution is 2.09. The van der Waals surface area contributed by atoms with Gasteiger partial charge in [0.05, 0.1) is 5.92 Å². The zero-order valence-electron chi connectivity index (χ0n) is 8.95. The molecular formula is C10H18N2O3. The lowest BCUT2D eigenvalue weighted by atomic mass is 10.1. The van der Waals surface area contributed by atoms with Crippen LogP contribution in [0.15, 0.2) is 0 Å². The molecule has 2 amide bonds. The van der Waals surface area contributed by atoms with Crippen LogP contribution in [0.2, 0.25) is 0 Å². The Bertz CT molecular complexity index is 243. The quantitative estimate of drug-likeness (QED) is 0.564. The van der Waals surface area contributed by atoms with Crippen molar-refractivity contribution in [3.63, 3.8) is 0 Å². The van der Waals surface area contributed by atoms with Crippen molar-refractivity contribution in [2.75, 3.05) is 19.7 Å². The third-order valence-corrected chi connectivity index (χ3v) is 2.59. The zero-order valence-corrected chi connectivity index (χ0v) is 8.95. The lowest BCUT2D eigenvalue weighted by Crippen LogP contribution is -2.34. The summed E-state index contributed by atoms with van der Waals surface area (Å²) >= 11 is 0. The van der Waals surface area contributed by atoms with Crippen molar-refractivity contribution in [1.29, 1.82) is 0 Å². The molecule has 2 unspecified atom stereocenters. The van der Waals surface area contributed by atoms with Gasteiger partial charge in [-0.05, 0) is 12.3 Å². The minimum absolute atomic E-state index is 0.0569. The van der Waals surface area contributed by atoms with E-state index in [0.717, 1.165) is 0 Å². The van der Waals surface area contributed by atoms with E-state index in [1.807, 2.05) is 6.92 Å². The number of nitrogens with one attached hydrogen (secondary N) is 2. The molecule has 0 aromatic rings. The van der Waals surface area contributed by atoms with Crippen molar-refractivity contribution in [1.82, 2.24) is 10.6 Å². The third kappa shape index (κ3) is 3.87. The van der Waals surface area contributed by atoms with Crippen molar-refractivity contribution < 1.29 is 14.7 Å². The summed E-state index contributed by atoms with van der Waals surface area (Å²) in [7, 11) is 0. The average Bonchev–Trinajstić information content (AvgIpc) is 2.62. The van der Waals surface area contributed by atoms with E-state index in [1.165, 1.54) is 0 Å². The van der Waals surface area contributed by atoms with E-state index in [9.17, 15) is 9.59 Å². The van der Waals surface area contributed by atoms with Crippen LogP contribution in [0.4, 0.5) is 0 Å². The topological polar surface area (TPSA) is 78.4 Å². The zero-order chi connectivity index (χ0) is 11.3. The van der Waals surface area contributed by atoms with Gasteiger partial charge in [-0.1, -0.05) is 6.92 Å². The molecule has 0 aliphatic carbocycles. The molecular weight excluding hydrogens is 196 g/mol. The summed E-state index contributed by atoms with van der Waals surface area (Å²) in [5.74, 6) is -0.0838. The van der Waals surface area contributed by atoms with Gasteiger partial charge in [0.25, 0.3) is 0 Å². The molecule has 2 atom stereocenters. The van der Waals surface area contributed by atoms with Crippen molar-refractivity contribution in [2.24, 2.45) is 11.8 Å². The molecule has 15 heavy (non-hydrogen) atoms. The fraction of sp³-hybridized carbons (Fsp3) is 0.800. The van der Waals surface area contributed by atoms with Crippen LogP contribution in [-0.2, 0) is 9.59 Å². The van der Waals surface area contributed by atoms with Crippen LogP contribution in [0.25, 0.3) is 0 Å². The first kappa shape index (κ1) is 12.0. The van der Waals surface area contributed by atoms with Gasteiger partial charge in [-0.15, -0.1) is 0 Å². The fourth-order valence-electron chi connectivity index (χ4n) is 1.53. The van der Waals surface area contributed by atoms with Gasteiger partial charge in [0.15, 0.2) is 0 Å². The van der Waals surface area contributed by atoms with E-state index < -0.39 is 0 Å². The average molecular weight is 214 g/mol. The molecule has 1 rings (SSSR count). The van der Waals surface area contributed by atoms with Crippen LogP contribution in [0.1, 0.15) is 19.8 Å². The number of carbonyl (C=O) groups is 2. The molecule has 0 bridgehead atoms. The molecule has 0 radical (unpaired) electrons. The Balaban J connectivity index is 2.21. The van der Waals surface area contributed by atoms with Crippen LogP contribution < -0.4 is 10.6 Å². The summed E-state index contributed by atoms with van der Waals surface area (Å²) in [6.07, 6.45) is 0.975. The monoisotopic (exact) mass is 214 g/mol. The predicted octanol–water partition coefficient (Wildman–Crippen LogP) is -0.743. The lowest BCUT2D eigenvalue weighted by molar-refractivity contribution is -0.126. The van der Waals surface area contributed by atoms with E-state index in [0.29, 0.717) is 25.9 Å². The van der Waals surface area contributed by atoms with Crippen molar-refractivity contribution >= 4 is 11.8 Å². The Morgan fingerprint density at radius 3 is 3.00 bits per heavy atom. The highest BCUT2D eigenvalue weighted by Gasteiger charge is 2.27. The smallest absolute Gasteiger partial charge is 0.225 e. The molecule has 1 saturated heterocycles. The van der Waals surface area contributed by atoms with Gasteiger partial charge in [0, 0.05) is 26.1 Å². The molecule has 0 saturated carbocycles. The van der Waals surface area contributed by atoms with E-state index in [2.05, 4.69) is 10.6 Å². The fourth-order valence-corrected chi connectivity index (χ4v) is 1.53. The van der Waals surface area contributed by atoms with Crippen LogP contribution in [0.5, 0.6) is 0 Å². The summed E-state index contributed by atoms with van der Waals surface area (Å²) in [6.45, 7) is 3.11. The molecule has 1 heterocycles. The largest absolute Gasteiger partial charge is 0.396 e. The Labute approximate surface area is 89.2 Å². The van der Waals surface area contributed by atoms with Gasteiger partial charge in [0.2, 0.25) is 11.8 Å². The molecule has 86 valence electrons. The normalized spacial score (nSPS) is 22.3. The molecule has 3 N–H and O–H groups in total. The van der Waals surface area contributed by atoms with E-state index in [-0.39, 0.29) is 30.3 Å². The second kappa shape index (κ2) is 5.70. The molecule has 5 heteroatoms. The Kier molecular flexibility index (Phi) is 4.55.